The van der Waals surface area contributed by atoms with Gasteiger partial charge in [0.15, 0.2) is 9.84 Å². The van der Waals surface area contributed by atoms with Gasteiger partial charge in [-0.25, -0.2) is 8.42 Å². The minimum atomic E-state index is -3.22. The van der Waals surface area contributed by atoms with Crippen LogP contribution in [0.25, 0.3) is 0 Å². The Balaban J connectivity index is 2.87. The fourth-order valence-electron chi connectivity index (χ4n) is 1.39. The smallest absolute Gasteiger partial charge is 0.178 e. The molecule has 5 nitrogen and oxygen atoms in total. The van der Waals surface area contributed by atoms with Gasteiger partial charge < -0.3 is 5.32 Å². The number of nitrogens with zero attached hydrogens (tertiary/aromatic N) is 2. The molecule has 98 valence electrons. The van der Waals surface area contributed by atoms with Gasteiger partial charge in [-0.15, -0.1) is 0 Å². The van der Waals surface area contributed by atoms with Gasteiger partial charge in [0.2, 0.25) is 0 Å². The zero-order chi connectivity index (χ0) is 14.3. The van der Waals surface area contributed by atoms with Crippen LogP contribution in [0.1, 0.15) is 13.3 Å². The molecule has 0 heterocycles. The number of nitrogens with one attached hydrogen (secondary N) is 1. The van der Waals surface area contributed by atoms with E-state index in [4.69, 9.17) is 10.5 Å². The third-order valence-corrected chi connectivity index (χ3v) is 4.25. The second kappa shape index (κ2) is 6.58. The number of rotatable bonds is 5. The van der Waals surface area contributed by atoms with Crippen molar-refractivity contribution in [1.29, 1.82) is 10.5 Å². The number of hydrogen-bond acceptors (Lipinski definition) is 5. The monoisotopic (exact) mass is 275 g/mol. The van der Waals surface area contributed by atoms with E-state index in [1.54, 1.807) is 24.3 Å². The summed E-state index contributed by atoms with van der Waals surface area (Å²) in [7, 11) is -3.22. The lowest BCUT2D eigenvalue weighted by Gasteiger charge is -2.04. The predicted octanol–water partition coefficient (Wildman–Crippen LogP) is 2.21. The lowest BCUT2D eigenvalue weighted by atomic mass is 10.3. The highest BCUT2D eigenvalue weighted by Crippen LogP contribution is 2.16. The molecule has 0 bridgehead atoms. The lowest BCUT2D eigenvalue weighted by molar-refractivity contribution is 0.595. The van der Waals surface area contributed by atoms with Crippen LogP contribution < -0.4 is 5.32 Å². The van der Waals surface area contributed by atoms with E-state index in [2.05, 4.69) is 5.32 Å². The van der Waals surface area contributed by atoms with E-state index in [0.717, 1.165) is 0 Å². The van der Waals surface area contributed by atoms with Gasteiger partial charge in [-0.05, 0) is 30.7 Å². The van der Waals surface area contributed by atoms with Gasteiger partial charge in [0.25, 0.3) is 0 Å². The Bertz CT molecular complexity index is 631. The summed E-state index contributed by atoms with van der Waals surface area (Å²) in [4.78, 5) is 0.268. The second-order valence-electron chi connectivity index (χ2n) is 3.77. The Morgan fingerprint density at radius 2 is 1.84 bits per heavy atom. The van der Waals surface area contributed by atoms with Crippen LogP contribution in [-0.2, 0) is 9.84 Å². The van der Waals surface area contributed by atoms with Crippen molar-refractivity contribution in [3.8, 4) is 12.1 Å². The molecule has 0 amide bonds. The highest BCUT2D eigenvalue weighted by molar-refractivity contribution is 7.91. The summed E-state index contributed by atoms with van der Waals surface area (Å²) in [6.07, 6.45) is 1.84. The topological polar surface area (TPSA) is 93.8 Å². The van der Waals surface area contributed by atoms with Crippen molar-refractivity contribution in [2.45, 2.75) is 18.2 Å². The molecule has 0 unspecified atom stereocenters. The van der Waals surface area contributed by atoms with Gasteiger partial charge in [0.1, 0.15) is 17.7 Å². The number of hydrogen-bond donors (Lipinski definition) is 1. The quantitative estimate of drug-likeness (QED) is 0.831. The van der Waals surface area contributed by atoms with Crippen LogP contribution in [0.3, 0.4) is 0 Å². The van der Waals surface area contributed by atoms with Gasteiger partial charge in [0.05, 0.1) is 10.6 Å². The van der Waals surface area contributed by atoms with Crippen molar-refractivity contribution in [3.05, 3.63) is 36.0 Å². The Hall–Kier alpha value is -2.31. The molecular formula is C13H13N3O2S. The average molecular weight is 275 g/mol. The molecule has 0 radical (unpaired) electrons. The normalized spacial score (nSPS) is 10.1. The molecule has 1 rings (SSSR count). The maximum absolute atomic E-state index is 11.8. The molecule has 0 aliphatic rings. The number of nitriles is 2. The first-order valence-corrected chi connectivity index (χ1v) is 7.28. The van der Waals surface area contributed by atoms with Crippen LogP contribution in [0.5, 0.6) is 0 Å². The highest BCUT2D eigenvalue weighted by Gasteiger charge is 2.12. The highest BCUT2D eigenvalue weighted by atomic mass is 32.2. The van der Waals surface area contributed by atoms with Crippen molar-refractivity contribution in [3.63, 3.8) is 0 Å². The molecule has 0 saturated carbocycles. The summed E-state index contributed by atoms with van der Waals surface area (Å²) in [6.45, 7) is 1.81. The Morgan fingerprint density at radius 3 is 2.32 bits per heavy atom. The van der Waals surface area contributed by atoms with Crippen molar-refractivity contribution < 1.29 is 8.42 Å². The summed E-state index contributed by atoms with van der Waals surface area (Å²) in [5.74, 6) is 0.118. The van der Waals surface area contributed by atoms with Gasteiger partial charge in [-0.2, -0.15) is 10.5 Å². The van der Waals surface area contributed by atoms with E-state index in [1.165, 1.54) is 18.3 Å². The van der Waals surface area contributed by atoms with Crippen LogP contribution in [0.15, 0.2) is 40.9 Å². The molecule has 0 aliphatic heterocycles. The van der Waals surface area contributed by atoms with E-state index in [0.29, 0.717) is 12.1 Å². The lowest BCUT2D eigenvalue weighted by Crippen LogP contribution is -2.05. The first kappa shape index (κ1) is 14.7. The average Bonchev–Trinajstić information content (AvgIpc) is 2.40. The number of anilines is 1. The van der Waals surface area contributed by atoms with Gasteiger partial charge in [-0.3, -0.25) is 0 Å². The van der Waals surface area contributed by atoms with Crippen molar-refractivity contribution in [2.24, 2.45) is 0 Å². The third-order valence-electron chi connectivity index (χ3n) is 2.31. The van der Waals surface area contributed by atoms with Crippen molar-refractivity contribution >= 4 is 15.5 Å². The fourth-order valence-corrected chi connectivity index (χ4v) is 2.71. The Morgan fingerprint density at radius 1 is 1.26 bits per heavy atom. The largest absolute Gasteiger partial charge is 0.360 e. The summed E-state index contributed by atoms with van der Waals surface area (Å²) in [6, 6.07) is 9.61. The molecule has 0 spiro atoms. The Labute approximate surface area is 112 Å². The van der Waals surface area contributed by atoms with Gasteiger partial charge in [-0.1, -0.05) is 6.92 Å². The molecule has 1 aromatic rings. The van der Waals surface area contributed by atoms with Crippen LogP contribution in [0.2, 0.25) is 0 Å². The minimum Gasteiger partial charge on any atom is -0.360 e. The standard InChI is InChI=1S/C13H13N3O2S/c1-2-7-19(17,18)13-5-3-12(4-6-13)16-10-11(8-14)9-15/h3-6,10,16H,2,7H2,1H3. The van der Waals surface area contributed by atoms with Crippen LogP contribution >= 0.6 is 0 Å². The molecule has 0 fully saturated rings. The fraction of sp³-hybridized carbons (Fsp3) is 0.231. The molecule has 1 N–H and O–H groups in total. The van der Waals surface area contributed by atoms with E-state index in [-0.39, 0.29) is 16.2 Å². The van der Waals surface area contributed by atoms with E-state index >= 15 is 0 Å². The van der Waals surface area contributed by atoms with Crippen molar-refractivity contribution in [2.75, 3.05) is 11.1 Å². The van der Waals surface area contributed by atoms with E-state index < -0.39 is 9.84 Å². The summed E-state index contributed by atoms with van der Waals surface area (Å²) in [5, 5.41) is 19.9. The van der Waals surface area contributed by atoms with Gasteiger partial charge in [0, 0.05) is 11.9 Å². The molecule has 0 aliphatic carbocycles. The zero-order valence-electron chi connectivity index (χ0n) is 10.4. The second-order valence-corrected chi connectivity index (χ2v) is 5.88. The molecule has 0 atom stereocenters. The van der Waals surface area contributed by atoms with E-state index in [9.17, 15) is 8.42 Å². The molecule has 6 heteroatoms. The van der Waals surface area contributed by atoms with Crippen LogP contribution in [-0.4, -0.2) is 14.2 Å². The Kier molecular flexibility index (Phi) is 5.11. The summed E-state index contributed by atoms with van der Waals surface area (Å²) in [5.41, 5.74) is 0.557. The van der Waals surface area contributed by atoms with Crippen LogP contribution in [0.4, 0.5) is 5.69 Å². The van der Waals surface area contributed by atoms with E-state index in [1.807, 2.05) is 6.92 Å². The SMILES string of the molecule is CCCS(=O)(=O)c1ccc(NC=C(C#N)C#N)cc1. The number of benzene rings is 1. The molecule has 0 saturated heterocycles. The first-order valence-electron chi connectivity index (χ1n) is 5.63. The third kappa shape index (κ3) is 4.13. The molecule has 0 aromatic heterocycles. The van der Waals surface area contributed by atoms with Gasteiger partial charge >= 0.3 is 0 Å². The maximum Gasteiger partial charge on any atom is 0.178 e. The minimum absolute atomic E-state index is 0.0531. The summed E-state index contributed by atoms with van der Waals surface area (Å²) < 4.78 is 23.6. The molecular weight excluding hydrogens is 262 g/mol. The number of sulfone groups is 1. The first-order chi connectivity index (χ1) is 9.03. The van der Waals surface area contributed by atoms with Crippen molar-refractivity contribution in [1.82, 2.24) is 0 Å². The zero-order valence-corrected chi connectivity index (χ0v) is 11.2. The predicted molar refractivity (Wildman–Crippen MR) is 71.7 cm³/mol. The molecule has 19 heavy (non-hydrogen) atoms. The summed E-state index contributed by atoms with van der Waals surface area (Å²) >= 11 is 0. The molecule has 1 aromatic carbocycles. The van der Waals surface area contributed by atoms with Crippen LogP contribution in [0, 0.1) is 22.7 Å². The maximum atomic E-state index is 11.8. The number of allylic oxidation sites excluding steroid dienone is 1.